The first-order valence-electron chi connectivity index (χ1n) is 8.40. The van der Waals surface area contributed by atoms with Crippen LogP contribution in [-0.4, -0.2) is 25.5 Å². The fraction of sp³-hybridized carbons (Fsp3) is 0.368. The Morgan fingerprint density at radius 2 is 1.88 bits per heavy atom. The number of thioether (sulfide) groups is 1. The molecule has 0 saturated heterocycles. The van der Waals surface area contributed by atoms with Gasteiger partial charge in [0.1, 0.15) is 4.75 Å². The lowest BCUT2D eigenvalue weighted by atomic mass is 10.0. The van der Waals surface area contributed by atoms with Crippen LogP contribution in [0.5, 0.6) is 0 Å². The van der Waals surface area contributed by atoms with Crippen LogP contribution in [0.4, 0.5) is 0 Å². The number of hydrogen-bond acceptors (Lipinski definition) is 6. The van der Waals surface area contributed by atoms with Crippen LogP contribution in [0.15, 0.2) is 46.8 Å². The average molecular weight is 406 g/mol. The molecule has 2 atom stereocenters. The van der Waals surface area contributed by atoms with Crippen molar-refractivity contribution in [3.8, 4) is 0 Å². The van der Waals surface area contributed by atoms with Gasteiger partial charge in [-0.1, -0.05) is 42.1 Å². The molecule has 7 heteroatoms. The lowest BCUT2D eigenvalue weighted by Crippen LogP contribution is -2.42. The zero-order chi connectivity index (χ0) is 18.7. The summed E-state index contributed by atoms with van der Waals surface area (Å²) in [6.45, 7) is 5.91. The van der Waals surface area contributed by atoms with Crippen LogP contribution in [0, 0.1) is 0 Å². The predicted molar refractivity (Wildman–Crippen MR) is 113 cm³/mol. The molecule has 0 fully saturated rings. The van der Waals surface area contributed by atoms with Gasteiger partial charge in [0.15, 0.2) is 9.99 Å². The maximum absolute atomic E-state index is 12.7. The third-order valence-corrected chi connectivity index (χ3v) is 7.48. The summed E-state index contributed by atoms with van der Waals surface area (Å²) >= 11 is 2.09. The van der Waals surface area contributed by atoms with E-state index in [4.69, 9.17) is 4.98 Å². The molecule has 0 aliphatic carbocycles. The smallest absolute Gasteiger partial charge is 0.171 e. The molecule has 0 spiro atoms. The van der Waals surface area contributed by atoms with Crippen molar-refractivity contribution in [3.05, 3.63) is 53.7 Å². The van der Waals surface area contributed by atoms with Crippen LogP contribution < -0.4 is 4.72 Å². The minimum Gasteiger partial charge on any atom is -0.598 e. The van der Waals surface area contributed by atoms with E-state index in [1.807, 2.05) is 51.3 Å². The lowest BCUT2D eigenvalue weighted by Gasteiger charge is -2.27. The molecular formula is C19H23N3OS3. The fourth-order valence-corrected chi connectivity index (χ4v) is 4.69. The summed E-state index contributed by atoms with van der Waals surface area (Å²) in [6.07, 6.45) is 2.74. The minimum atomic E-state index is -1.18. The molecule has 0 amide bonds. The minimum absolute atomic E-state index is 0.138. The summed E-state index contributed by atoms with van der Waals surface area (Å²) in [7, 11) is 0. The number of pyridine rings is 1. The number of hydrogen-bond donors (Lipinski definition) is 1. The van der Waals surface area contributed by atoms with Gasteiger partial charge >= 0.3 is 0 Å². The first-order valence-corrected chi connectivity index (χ1v) is 11.6. The predicted octanol–water partition coefficient (Wildman–Crippen LogP) is 4.75. The van der Waals surface area contributed by atoms with Crippen LogP contribution in [0.1, 0.15) is 38.1 Å². The van der Waals surface area contributed by atoms with Gasteiger partial charge in [0.2, 0.25) is 0 Å². The second-order valence-electron chi connectivity index (χ2n) is 6.98. The van der Waals surface area contributed by atoms with E-state index in [0.29, 0.717) is 0 Å². The number of benzene rings is 1. The van der Waals surface area contributed by atoms with Crippen molar-refractivity contribution in [2.24, 2.45) is 0 Å². The zero-order valence-electron chi connectivity index (χ0n) is 15.4. The Balaban J connectivity index is 1.93. The monoisotopic (exact) mass is 405 g/mol. The van der Waals surface area contributed by atoms with E-state index >= 15 is 0 Å². The molecule has 0 saturated carbocycles. The standard InChI is InChI=1S/C19H23N3OS3/c1-19(2,3)26(23)22-15(12-13-8-6-5-7-9-13)14-10-11-16-17(20-14)21-18(24-4)25-16/h5-11,15,22H,12H2,1-4H3/t15-,26?/m0/s1. The number of aromatic nitrogens is 2. The topological polar surface area (TPSA) is 60.9 Å². The Bertz CT molecular complexity index is 861. The van der Waals surface area contributed by atoms with Crippen LogP contribution in [0.25, 0.3) is 10.3 Å². The Labute approximate surface area is 166 Å². The van der Waals surface area contributed by atoms with E-state index in [1.54, 1.807) is 23.1 Å². The normalized spacial score (nSPS) is 14.5. The molecular weight excluding hydrogens is 382 g/mol. The molecule has 2 aromatic heterocycles. The van der Waals surface area contributed by atoms with Gasteiger partial charge in [-0.05, 0) is 51.1 Å². The summed E-state index contributed by atoms with van der Waals surface area (Å²) < 4.78 is 17.7. The van der Waals surface area contributed by atoms with Gasteiger partial charge in [-0.25, -0.2) is 9.97 Å². The Morgan fingerprint density at radius 3 is 2.54 bits per heavy atom. The van der Waals surface area contributed by atoms with E-state index in [9.17, 15) is 4.55 Å². The summed E-state index contributed by atoms with van der Waals surface area (Å²) in [6, 6.07) is 14.2. The number of nitrogens with one attached hydrogen (secondary N) is 1. The molecule has 26 heavy (non-hydrogen) atoms. The maximum Gasteiger partial charge on any atom is 0.171 e. The molecule has 0 radical (unpaired) electrons. The van der Waals surface area contributed by atoms with Crippen molar-refractivity contribution in [1.29, 1.82) is 0 Å². The highest BCUT2D eigenvalue weighted by molar-refractivity contribution is 8.00. The molecule has 1 aromatic carbocycles. The molecule has 0 bridgehead atoms. The lowest BCUT2D eigenvalue weighted by molar-refractivity contribution is 0.519. The van der Waals surface area contributed by atoms with Crippen LogP contribution in [0.2, 0.25) is 0 Å². The maximum atomic E-state index is 12.7. The number of rotatable bonds is 6. The molecule has 3 aromatic rings. The first kappa shape index (κ1) is 19.6. The Morgan fingerprint density at radius 1 is 1.15 bits per heavy atom. The zero-order valence-corrected chi connectivity index (χ0v) is 17.8. The highest BCUT2D eigenvalue weighted by Crippen LogP contribution is 2.29. The Hall–Kier alpha value is -1.12. The van der Waals surface area contributed by atoms with Crippen molar-refractivity contribution in [1.82, 2.24) is 14.7 Å². The Kier molecular flexibility index (Phi) is 6.25. The first-order chi connectivity index (χ1) is 12.4. The van der Waals surface area contributed by atoms with Crippen molar-refractivity contribution < 1.29 is 4.55 Å². The third kappa shape index (κ3) is 4.78. The van der Waals surface area contributed by atoms with E-state index in [1.165, 1.54) is 5.56 Å². The summed E-state index contributed by atoms with van der Waals surface area (Å²) in [4.78, 5) is 9.34. The van der Waals surface area contributed by atoms with Gasteiger partial charge in [-0.15, -0.1) is 16.1 Å². The van der Waals surface area contributed by atoms with Crippen molar-refractivity contribution in [3.63, 3.8) is 0 Å². The average Bonchev–Trinajstić information content (AvgIpc) is 3.03. The fourth-order valence-electron chi connectivity index (χ4n) is 2.46. The molecule has 1 unspecified atom stereocenters. The molecule has 0 aliphatic rings. The van der Waals surface area contributed by atoms with E-state index in [-0.39, 0.29) is 10.8 Å². The molecule has 0 aliphatic heterocycles. The van der Waals surface area contributed by atoms with Crippen LogP contribution in [-0.2, 0) is 17.8 Å². The van der Waals surface area contributed by atoms with E-state index in [0.717, 1.165) is 26.8 Å². The second kappa shape index (κ2) is 8.27. The van der Waals surface area contributed by atoms with E-state index < -0.39 is 11.4 Å². The molecule has 2 heterocycles. The van der Waals surface area contributed by atoms with Gasteiger partial charge in [-0.3, -0.25) is 0 Å². The summed E-state index contributed by atoms with van der Waals surface area (Å²) in [5.41, 5.74) is 2.82. The molecule has 1 N–H and O–H groups in total. The van der Waals surface area contributed by atoms with Gasteiger partial charge in [0.25, 0.3) is 0 Å². The number of thiazole rings is 1. The van der Waals surface area contributed by atoms with Gasteiger partial charge < -0.3 is 4.55 Å². The van der Waals surface area contributed by atoms with Gasteiger partial charge in [0, 0.05) is 11.4 Å². The molecule has 138 valence electrons. The summed E-state index contributed by atoms with van der Waals surface area (Å²) in [5, 5.41) is 0. The quantitative estimate of drug-likeness (QED) is 0.474. The van der Waals surface area contributed by atoms with Gasteiger partial charge in [-0.2, -0.15) is 0 Å². The second-order valence-corrected chi connectivity index (χ2v) is 11.1. The molecule has 4 nitrogen and oxygen atoms in total. The molecule has 3 rings (SSSR count). The highest BCUT2D eigenvalue weighted by atomic mass is 32.2. The third-order valence-electron chi connectivity index (χ3n) is 3.88. The van der Waals surface area contributed by atoms with Crippen molar-refractivity contribution in [2.45, 2.75) is 42.3 Å². The van der Waals surface area contributed by atoms with Gasteiger partial charge in [0.05, 0.1) is 16.4 Å². The summed E-state index contributed by atoms with van der Waals surface area (Å²) in [5.74, 6) is 0. The number of nitrogens with zero attached hydrogens (tertiary/aromatic N) is 2. The van der Waals surface area contributed by atoms with Crippen LogP contribution in [0.3, 0.4) is 0 Å². The SMILES string of the molecule is CSc1nc2nc([C@H](Cc3ccccc3)N[S+]([O-])C(C)(C)C)ccc2s1. The van der Waals surface area contributed by atoms with E-state index in [2.05, 4.69) is 27.9 Å². The van der Waals surface area contributed by atoms with Crippen molar-refractivity contribution >= 4 is 44.8 Å². The number of fused-ring (bicyclic) bond motifs is 1. The largest absolute Gasteiger partial charge is 0.598 e. The van der Waals surface area contributed by atoms with Crippen LogP contribution >= 0.6 is 23.1 Å². The van der Waals surface area contributed by atoms with Crippen molar-refractivity contribution in [2.75, 3.05) is 6.26 Å². The highest BCUT2D eigenvalue weighted by Gasteiger charge is 2.30.